The quantitative estimate of drug-likeness (QED) is 0.632. The molecule has 2 aromatic rings. The zero-order valence-electron chi connectivity index (χ0n) is 14.1. The van der Waals surface area contributed by atoms with Crippen molar-refractivity contribution in [3.8, 4) is 11.5 Å². The number of hydrogen-bond donors (Lipinski definition) is 1. The van der Waals surface area contributed by atoms with Crippen LogP contribution in [0.25, 0.3) is 0 Å². The number of methoxy groups -OCH3 is 1. The molecule has 1 aliphatic rings. The van der Waals surface area contributed by atoms with Crippen molar-refractivity contribution in [3.63, 3.8) is 0 Å². The number of benzene rings is 2. The smallest absolute Gasteiger partial charge is 0.243 e. The van der Waals surface area contributed by atoms with Gasteiger partial charge in [0, 0.05) is 11.8 Å². The third-order valence-corrected chi connectivity index (χ3v) is 5.60. The van der Waals surface area contributed by atoms with Crippen molar-refractivity contribution in [1.82, 2.24) is 0 Å². The van der Waals surface area contributed by atoms with Crippen molar-refractivity contribution in [2.24, 2.45) is 0 Å². The number of carbonyl (C=O) groups excluding carboxylic acids is 1. The molecule has 1 amide bonds. The number of β-lactam (4-membered cyclic amide) rings is 1. The average molecular weight is 390 g/mol. The maximum atomic E-state index is 12.5. The summed E-state index contributed by atoms with van der Waals surface area (Å²) < 4.78 is 5.43. The first kappa shape index (κ1) is 16.8. The molecule has 0 unspecified atom stereocenters. The van der Waals surface area contributed by atoms with Gasteiger partial charge in [-0.25, -0.2) is 0 Å². The first-order chi connectivity index (χ1) is 11.3. The molecule has 0 radical (unpaired) electrons. The van der Waals surface area contributed by atoms with Crippen LogP contribution < -0.4 is 9.64 Å². The van der Waals surface area contributed by atoms with E-state index >= 15 is 0 Å². The van der Waals surface area contributed by atoms with E-state index in [0.717, 1.165) is 33.7 Å². The second-order valence-electron chi connectivity index (χ2n) is 6.19. The first-order valence-electron chi connectivity index (χ1n) is 7.77. The lowest BCUT2D eigenvalue weighted by atomic mass is 9.91. The van der Waals surface area contributed by atoms with Crippen molar-refractivity contribution < 1.29 is 14.6 Å². The Hall–Kier alpha value is -2.01. The van der Waals surface area contributed by atoms with Crippen LogP contribution >= 0.6 is 15.9 Å². The number of aromatic hydroxyl groups is 1. The molecule has 1 fully saturated rings. The maximum absolute atomic E-state index is 12.5. The predicted molar refractivity (Wildman–Crippen MR) is 98.3 cm³/mol. The van der Waals surface area contributed by atoms with Gasteiger partial charge >= 0.3 is 0 Å². The Labute approximate surface area is 150 Å². The van der Waals surface area contributed by atoms with Crippen molar-refractivity contribution in [2.75, 3.05) is 12.0 Å². The van der Waals surface area contributed by atoms with Crippen molar-refractivity contribution in [3.05, 3.63) is 52.6 Å². The highest BCUT2D eigenvalue weighted by Gasteiger charge is 2.47. The van der Waals surface area contributed by atoms with Crippen molar-refractivity contribution in [1.29, 1.82) is 0 Å². The number of phenols is 1. The van der Waals surface area contributed by atoms with Gasteiger partial charge in [-0.3, -0.25) is 4.79 Å². The summed E-state index contributed by atoms with van der Waals surface area (Å²) in [6, 6.07) is 9.27. The van der Waals surface area contributed by atoms with Crippen molar-refractivity contribution in [2.45, 2.75) is 31.6 Å². The molecule has 1 aliphatic heterocycles. The molecule has 0 spiro atoms. The molecule has 0 saturated carbocycles. The number of phenolic OH excluding ortho intramolecular Hbond substituents is 1. The number of carbonyl (C=O) groups is 1. The minimum absolute atomic E-state index is 0.00497. The monoisotopic (exact) mass is 389 g/mol. The van der Waals surface area contributed by atoms with Crippen molar-refractivity contribution >= 4 is 27.5 Å². The summed E-state index contributed by atoms with van der Waals surface area (Å²) in [5.41, 5.74) is 4.65. The normalized spacial score (nSPS) is 20.0. The molecule has 2 atom stereocenters. The summed E-state index contributed by atoms with van der Waals surface area (Å²) in [7, 11) is 1.63. The highest BCUT2D eigenvalue weighted by molar-refractivity contribution is 9.10. The summed E-state index contributed by atoms with van der Waals surface area (Å²) in [6.45, 7) is 5.85. The Morgan fingerprint density at radius 2 is 1.83 bits per heavy atom. The number of anilines is 1. The fourth-order valence-corrected chi connectivity index (χ4v) is 3.79. The molecule has 3 rings (SSSR count). The molecule has 126 valence electrons. The number of rotatable bonds is 3. The lowest BCUT2D eigenvalue weighted by Crippen LogP contribution is -2.56. The van der Waals surface area contributed by atoms with Crippen LogP contribution in [0, 0.1) is 20.8 Å². The van der Waals surface area contributed by atoms with Crippen LogP contribution in [-0.2, 0) is 4.79 Å². The van der Waals surface area contributed by atoms with Crippen LogP contribution in [-0.4, -0.2) is 23.0 Å². The van der Waals surface area contributed by atoms with E-state index in [1.165, 1.54) is 0 Å². The Bertz CT molecular complexity index is 818. The van der Waals surface area contributed by atoms with E-state index in [2.05, 4.69) is 15.9 Å². The van der Waals surface area contributed by atoms with E-state index in [-0.39, 0.29) is 22.5 Å². The van der Waals surface area contributed by atoms with Crippen LogP contribution in [0.1, 0.15) is 28.3 Å². The maximum Gasteiger partial charge on any atom is 0.243 e. The molecule has 1 saturated heterocycles. The van der Waals surface area contributed by atoms with Gasteiger partial charge in [-0.2, -0.15) is 0 Å². The summed E-state index contributed by atoms with van der Waals surface area (Å²) in [4.78, 5) is 13.9. The number of ether oxygens (including phenoxy) is 1. The SMILES string of the molecule is COc1cc(N2C(=O)[C@@H](Br)[C@@H]2c2ccc(C)c(O)c2)cc(C)c1C. The van der Waals surface area contributed by atoms with Gasteiger partial charge in [0.25, 0.3) is 0 Å². The average Bonchev–Trinajstić information content (AvgIpc) is 2.57. The summed E-state index contributed by atoms with van der Waals surface area (Å²) >= 11 is 3.47. The lowest BCUT2D eigenvalue weighted by Gasteiger charge is -2.45. The summed E-state index contributed by atoms with van der Waals surface area (Å²) in [5.74, 6) is 1.01. The lowest BCUT2D eigenvalue weighted by molar-refractivity contribution is -0.123. The zero-order valence-corrected chi connectivity index (χ0v) is 15.7. The topological polar surface area (TPSA) is 49.8 Å². The Morgan fingerprint density at radius 1 is 1.12 bits per heavy atom. The van der Waals surface area contributed by atoms with E-state index in [9.17, 15) is 9.90 Å². The van der Waals surface area contributed by atoms with Gasteiger partial charge in [-0.1, -0.05) is 28.1 Å². The number of nitrogens with zero attached hydrogens (tertiary/aromatic N) is 1. The second kappa shape index (κ2) is 6.13. The molecule has 2 aromatic carbocycles. The van der Waals surface area contributed by atoms with Gasteiger partial charge in [0.2, 0.25) is 5.91 Å². The summed E-state index contributed by atoms with van der Waals surface area (Å²) in [6.07, 6.45) is 0. The molecule has 1 heterocycles. The van der Waals surface area contributed by atoms with E-state index in [4.69, 9.17) is 4.74 Å². The van der Waals surface area contributed by atoms with Gasteiger partial charge in [-0.05, 0) is 55.2 Å². The van der Waals surface area contributed by atoms with Crippen LogP contribution in [0.4, 0.5) is 5.69 Å². The molecule has 24 heavy (non-hydrogen) atoms. The van der Waals surface area contributed by atoms with E-state index in [0.29, 0.717) is 0 Å². The molecule has 0 aliphatic carbocycles. The molecular formula is C19H20BrNO3. The number of amides is 1. The van der Waals surface area contributed by atoms with Gasteiger partial charge in [0.1, 0.15) is 16.3 Å². The highest BCUT2D eigenvalue weighted by atomic mass is 79.9. The zero-order chi connectivity index (χ0) is 17.6. The Kier molecular flexibility index (Phi) is 4.30. The fourth-order valence-electron chi connectivity index (χ4n) is 3.03. The van der Waals surface area contributed by atoms with E-state index < -0.39 is 0 Å². The molecule has 1 N–H and O–H groups in total. The third-order valence-electron chi connectivity index (χ3n) is 4.71. The largest absolute Gasteiger partial charge is 0.508 e. The minimum atomic E-state index is -0.299. The van der Waals surface area contributed by atoms with Gasteiger partial charge in [0.05, 0.1) is 13.2 Å². The third kappa shape index (κ3) is 2.57. The number of hydrogen-bond acceptors (Lipinski definition) is 3. The number of halogens is 1. The molecule has 5 heteroatoms. The van der Waals surface area contributed by atoms with Gasteiger partial charge in [-0.15, -0.1) is 0 Å². The predicted octanol–water partition coefficient (Wildman–Crippen LogP) is 4.18. The number of alkyl halides is 1. The minimum Gasteiger partial charge on any atom is -0.508 e. The molecule has 0 bridgehead atoms. The molecular weight excluding hydrogens is 370 g/mol. The van der Waals surface area contributed by atoms with E-state index in [1.807, 2.05) is 45.0 Å². The Balaban J connectivity index is 2.04. The fraction of sp³-hybridized carbons (Fsp3) is 0.316. The van der Waals surface area contributed by atoms with Crippen LogP contribution in [0.2, 0.25) is 0 Å². The summed E-state index contributed by atoms with van der Waals surface area (Å²) in [5, 5.41) is 10.0. The first-order valence-corrected chi connectivity index (χ1v) is 8.68. The standard InChI is InChI=1S/C19H20BrNO3/c1-10-5-6-13(8-15(10)22)18-17(20)19(23)21(18)14-7-11(2)12(3)16(9-14)24-4/h5-9,17-18,22H,1-4H3/t17-,18-/m0/s1. The Morgan fingerprint density at radius 3 is 2.46 bits per heavy atom. The van der Waals surface area contributed by atoms with Crippen LogP contribution in [0.3, 0.4) is 0 Å². The van der Waals surface area contributed by atoms with E-state index in [1.54, 1.807) is 18.1 Å². The highest BCUT2D eigenvalue weighted by Crippen LogP contribution is 2.45. The van der Waals surface area contributed by atoms with Crippen LogP contribution in [0.15, 0.2) is 30.3 Å². The molecule has 0 aromatic heterocycles. The number of aryl methyl sites for hydroxylation is 2. The van der Waals surface area contributed by atoms with Crippen LogP contribution in [0.5, 0.6) is 11.5 Å². The van der Waals surface area contributed by atoms with Gasteiger partial charge in [0.15, 0.2) is 0 Å². The second-order valence-corrected chi connectivity index (χ2v) is 7.18. The molecule has 4 nitrogen and oxygen atoms in total. The van der Waals surface area contributed by atoms with Gasteiger partial charge < -0.3 is 14.7 Å².